The van der Waals surface area contributed by atoms with Gasteiger partial charge in [0.05, 0.1) is 20.2 Å². The summed E-state index contributed by atoms with van der Waals surface area (Å²) in [4.78, 5) is 4.51. The molecule has 3 nitrogen and oxygen atoms in total. The molecular formula is C15H11FI2N2O. The molecule has 0 fully saturated rings. The highest BCUT2D eigenvalue weighted by Gasteiger charge is 2.17. The third-order valence-corrected chi connectivity index (χ3v) is 4.74. The van der Waals surface area contributed by atoms with E-state index in [0.29, 0.717) is 23.4 Å². The maximum absolute atomic E-state index is 13.4. The summed E-state index contributed by atoms with van der Waals surface area (Å²) in [5.74, 6) is 0.560. The lowest BCUT2D eigenvalue weighted by atomic mass is 10.2. The second-order valence-corrected chi connectivity index (χ2v) is 7.00. The van der Waals surface area contributed by atoms with Crippen LogP contribution in [0.5, 0.6) is 5.75 Å². The Labute approximate surface area is 148 Å². The smallest absolute Gasteiger partial charge is 0.144 e. The van der Waals surface area contributed by atoms with Crippen LogP contribution in [0.4, 0.5) is 4.39 Å². The molecule has 1 heterocycles. The quantitative estimate of drug-likeness (QED) is 0.507. The molecule has 21 heavy (non-hydrogen) atoms. The Morgan fingerprint density at radius 2 is 2.00 bits per heavy atom. The molecule has 0 aliphatic carbocycles. The molecule has 3 aromatic rings. The second-order valence-electron chi connectivity index (χ2n) is 4.60. The molecule has 1 aromatic heterocycles. The van der Waals surface area contributed by atoms with E-state index in [1.165, 1.54) is 12.1 Å². The Balaban J connectivity index is 2.35. The van der Waals surface area contributed by atoms with Crippen LogP contribution in [0, 0.1) is 13.0 Å². The number of halogens is 3. The molecule has 0 unspecified atom stereocenters. The van der Waals surface area contributed by atoms with E-state index < -0.39 is 0 Å². The zero-order valence-corrected chi connectivity index (χ0v) is 15.4. The molecule has 0 saturated heterocycles. The monoisotopic (exact) mass is 508 g/mol. The van der Waals surface area contributed by atoms with Gasteiger partial charge in [0.25, 0.3) is 0 Å². The molecule has 0 radical (unpaired) electrons. The molecule has 0 aliphatic rings. The lowest BCUT2D eigenvalue weighted by Crippen LogP contribution is -1.98. The van der Waals surface area contributed by atoms with Crippen molar-refractivity contribution in [1.29, 1.82) is 0 Å². The third-order valence-electron chi connectivity index (χ3n) is 3.30. The zero-order chi connectivity index (χ0) is 15.1. The van der Waals surface area contributed by atoms with Crippen LogP contribution in [-0.2, 0) is 6.54 Å². The number of aromatic hydroxyl groups is 1. The average Bonchev–Trinajstić information content (AvgIpc) is 2.79. The summed E-state index contributed by atoms with van der Waals surface area (Å²) in [5, 5.41) is 10.3. The van der Waals surface area contributed by atoms with Gasteiger partial charge in [-0.2, -0.15) is 0 Å². The molecule has 1 N–H and O–H groups in total. The van der Waals surface area contributed by atoms with Gasteiger partial charge in [-0.05, 0) is 76.4 Å². The first-order valence-electron chi connectivity index (χ1n) is 6.35. The van der Waals surface area contributed by atoms with E-state index in [-0.39, 0.29) is 11.6 Å². The van der Waals surface area contributed by atoms with Crippen molar-refractivity contribution in [2.45, 2.75) is 13.5 Å². The number of hydrogen-bond donors (Lipinski definition) is 1. The Morgan fingerprint density at radius 3 is 2.71 bits per heavy atom. The minimum atomic E-state index is -0.309. The van der Waals surface area contributed by atoms with Gasteiger partial charge in [-0.1, -0.05) is 0 Å². The lowest BCUT2D eigenvalue weighted by molar-refractivity contribution is 0.472. The van der Waals surface area contributed by atoms with E-state index in [0.717, 1.165) is 12.7 Å². The van der Waals surface area contributed by atoms with E-state index in [1.807, 2.05) is 23.6 Å². The van der Waals surface area contributed by atoms with Crippen molar-refractivity contribution >= 4 is 56.2 Å². The molecule has 0 spiro atoms. The summed E-state index contributed by atoms with van der Waals surface area (Å²) in [6, 6.07) is 8.36. The normalized spacial score (nSPS) is 11.2. The number of hydrogen-bond acceptors (Lipinski definition) is 2. The molecule has 0 amide bonds. The Hall–Kier alpha value is -0.900. The largest absolute Gasteiger partial charge is 0.506 e. The predicted molar refractivity (Wildman–Crippen MR) is 97.9 cm³/mol. The van der Waals surface area contributed by atoms with Gasteiger partial charge in [-0.25, -0.2) is 9.37 Å². The maximum Gasteiger partial charge on any atom is 0.144 e. The summed E-state index contributed by atoms with van der Waals surface area (Å²) < 4.78 is 17.2. The van der Waals surface area contributed by atoms with Gasteiger partial charge in [0.2, 0.25) is 0 Å². The number of nitrogens with zero attached hydrogens (tertiary/aromatic N) is 2. The molecule has 108 valence electrons. The van der Waals surface area contributed by atoms with Gasteiger partial charge in [0, 0.05) is 16.2 Å². The lowest BCUT2D eigenvalue weighted by Gasteiger charge is -2.09. The van der Waals surface area contributed by atoms with Crippen molar-refractivity contribution in [3.8, 4) is 17.1 Å². The molecule has 0 atom stereocenters. The highest BCUT2D eigenvalue weighted by molar-refractivity contribution is 14.1. The number of benzene rings is 2. The van der Waals surface area contributed by atoms with Crippen LogP contribution in [0.3, 0.4) is 0 Å². The summed E-state index contributed by atoms with van der Waals surface area (Å²) in [6.07, 6.45) is 0. The number of fused-ring (bicyclic) bond motifs is 1. The molecule has 0 aliphatic heterocycles. The fraction of sp³-hybridized carbons (Fsp3) is 0.133. The third kappa shape index (κ3) is 2.63. The number of aromatic nitrogens is 2. The second kappa shape index (κ2) is 5.71. The number of imidazole rings is 1. The molecule has 2 aromatic carbocycles. The van der Waals surface area contributed by atoms with E-state index in [1.54, 1.807) is 6.07 Å². The van der Waals surface area contributed by atoms with Gasteiger partial charge in [-0.15, -0.1) is 0 Å². The summed E-state index contributed by atoms with van der Waals surface area (Å²) in [7, 11) is 0. The fourth-order valence-electron chi connectivity index (χ4n) is 2.37. The van der Waals surface area contributed by atoms with Crippen LogP contribution in [0.25, 0.3) is 22.4 Å². The summed E-state index contributed by atoms with van der Waals surface area (Å²) in [6.45, 7) is 2.70. The van der Waals surface area contributed by atoms with Crippen molar-refractivity contribution in [3.05, 3.63) is 43.3 Å². The van der Waals surface area contributed by atoms with Crippen molar-refractivity contribution in [2.75, 3.05) is 0 Å². The van der Waals surface area contributed by atoms with Crippen LogP contribution in [0.2, 0.25) is 0 Å². The number of phenolic OH excluding ortho intramolecular Hbond substituents is 1. The van der Waals surface area contributed by atoms with Gasteiger partial charge >= 0.3 is 0 Å². The van der Waals surface area contributed by atoms with Crippen molar-refractivity contribution < 1.29 is 9.50 Å². The van der Waals surface area contributed by atoms with E-state index >= 15 is 0 Å². The van der Waals surface area contributed by atoms with Crippen LogP contribution in [0.1, 0.15) is 6.92 Å². The Morgan fingerprint density at radius 1 is 1.24 bits per heavy atom. The van der Waals surface area contributed by atoms with Crippen LogP contribution in [0.15, 0.2) is 30.3 Å². The van der Waals surface area contributed by atoms with Gasteiger partial charge in [0.1, 0.15) is 17.4 Å². The first-order valence-corrected chi connectivity index (χ1v) is 8.51. The van der Waals surface area contributed by atoms with E-state index in [4.69, 9.17) is 0 Å². The van der Waals surface area contributed by atoms with Crippen LogP contribution in [-0.4, -0.2) is 14.7 Å². The van der Waals surface area contributed by atoms with Gasteiger partial charge < -0.3 is 9.67 Å². The van der Waals surface area contributed by atoms with E-state index in [9.17, 15) is 9.50 Å². The van der Waals surface area contributed by atoms with Gasteiger partial charge in [0.15, 0.2) is 0 Å². The molecule has 0 saturated carbocycles. The first-order chi connectivity index (χ1) is 10.0. The van der Waals surface area contributed by atoms with Crippen molar-refractivity contribution in [2.24, 2.45) is 0 Å². The standard InChI is InChI=1S/C15H11FI2N2O/c1-2-20-13-4-3-8(16)5-12(13)19-15(20)10-6-9(17)7-11(18)14(10)21/h3-7,21H,2H2,1H3. The highest BCUT2D eigenvalue weighted by Crippen LogP contribution is 2.36. The SMILES string of the molecule is CCn1c(-c2cc(I)cc(I)c2O)nc2cc(F)ccc21. The molecular weight excluding hydrogens is 497 g/mol. The zero-order valence-electron chi connectivity index (χ0n) is 11.1. The highest BCUT2D eigenvalue weighted by atomic mass is 127. The number of phenols is 1. The predicted octanol–water partition coefficient (Wildman–Crippen LogP) is 4.78. The van der Waals surface area contributed by atoms with E-state index in [2.05, 4.69) is 50.2 Å². The molecule has 3 rings (SSSR count). The Kier molecular flexibility index (Phi) is 4.08. The number of rotatable bonds is 2. The van der Waals surface area contributed by atoms with Crippen molar-refractivity contribution in [3.63, 3.8) is 0 Å². The molecule has 0 bridgehead atoms. The van der Waals surface area contributed by atoms with Crippen LogP contribution < -0.4 is 0 Å². The van der Waals surface area contributed by atoms with Gasteiger partial charge in [-0.3, -0.25) is 0 Å². The summed E-state index contributed by atoms with van der Waals surface area (Å²) >= 11 is 4.31. The molecule has 6 heteroatoms. The van der Waals surface area contributed by atoms with Crippen LogP contribution >= 0.6 is 45.2 Å². The summed E-state index contributed by atoms with van der Waals surface area (Å²) in [5.41, 5.74) is 2.13. The average molecular weight is 508 g/mol. The first kappa shape index (κ1) is 15.0. The topological polar surface area (TPSA) is 38.0 Å². The maximum atomic E-state index is 13.4. The minimum absolute atomic E-state index is 0.210. The minimum Gasteiger partial charge on any atom is -0.506 e. The fourth-order valence-corrected chi connectivity index (χ4v) is 4.21. The number of aryl methyl sites for hydroxylation is 1. The Bertz CT molecular complexity index is 845. The van der Waals surface area contributed by atoms with Crippen molar-refractivity contribution in [1.82, 2.24) is 9.55 Å².